The summed E-state index contributed by atoms with van der Waals surface area (Å²) >= 11 is 0. The Kier molecular flexibility index (Phi) is 4.63. The number of carbonyl (C=O) groups is 1. The molecule has 0 saturated carbocycles. The van der Waals surface area contributed by atoms with E-state index in [1.54, 1.807) is 0 Å². The minimum atomic E-state index is -0.00138. The predicted octanol–water partition coefficient (Wildman–Crippen LogP) is 3.11. The first-order valence-corrected chi connectivity index (χ1v) is 7.90. The number of hydrogen-bond acceptors (Lipinski definition) is 3. The van der Waals surface area contributed by atoms with Crippen LogP contribution in [0, 0.1) is 0 Å². The molecule has 2 aromatic rings. The molecule has 1 aliphatic rings. The van der Waals surface area contributed by atoms with Gasteiger partial charge in [-0.15, -0.1) is 0 Å². The van der Waals surface area contributed by atoms with Gasteiger partial charge >= 0.3 is 0 Å². The van der Waals surface area contributed by atoms with Crippen molar-refractivity contribution >= 4 is 11.6 Å². The lowest BCUT2D eigenvalue weighted by atomic mass is 9.95. The van der Waals surface area contributed by atoms with Gasteiger partial charge in [-0.3, -0.25) is 4.79 Å². The number of nitrogens with zero attached hydrogens (tertiary/aromatic N) is 2. The van der Waals surface area contributed by atoms with E-state index in [1.165, 1.54) is 5.56 Å². The minimum Gasteiger partial charge on any atom is -0.484 e. The first-order chi connectivity index (χ1) is 11.2. The lowest BCUT2D eigenvalue weighted by Crippen LogP contribution is -2.41. The first kappa shape index (κ1) is 15.6. The average molecular weight is 310 g/mol. The molecule has 23 heavy (non-hydrogen) atoms. The van der Waals surface area contributed by atoms with Crippen molar-refractivity contribution in [2.75, 3.05) is 32.1 Å². The van der Waals surface area contributed by atoms with Crippen LogP contribution in [0.2, 0.25) is 0 Å². The van der Waals surface area contributed by atoms with Crippen LogP contribution in [-0.2, 0) is 4.79 Å². The summed E-state index contributed by atoms with van der Waals surface area (Å²) in [4.78, 5) is 16.7. The molecular weight excluding hydrogens is 288 g/mol. The second-order valence-corrected chi connectivity index (χ2v) is 5.97. The minimum absolute atomic E-state index is 0.00138. The van der Waals surface area contributed by atoms with Gasteiger partial charge in [0.1, 0.15) is 5.75 Å². The summed E-state index contributed by atoms with van der Waals surface area (Å²) in [5, 5.41) is 0. The Hall–Kier alpha value is -2.33. The quantitative estimate of drug-likeness (QED) is 0.870. The molecule has 0 aliphatic carbocycles. The fourth-order valence-corrected chi connectivity index (χ4v) is 3.08. The van der Waals surface area contributed by atoms with E-state index in [0.29, 0.717) is 6.04 Å². The fraction of sp³-hybridized carbons (Fsp3) is 0.316. The fourth-order valence-electron chi connectivity index (χ4n) is 3.08. The highest BCUT2D eigenvalue weighted by Gasteiger charge is 2.29. The molecule has 1 heterocycles. The molecular formula is C19H22N2O2. The molecule has 0 fully saturated rings. The molecule has 0 N–H and O–H groups in total. The van der Waals surface area contributed by atoms with Crippen LogP contribution < -0.4 is 9.64 Å². The molecule has 0 bridgehead atoms. The summed E-state index contributed by atoms with van der Waals surface area (Å²) in [6.45, 7) is 0.780. The van der Waals surface area contributed by atoms with Gasteiger partial charge in [-0.25, -0.2) is 0 Å². The maximum atomic E-state index is 12.6. The molecule has 4 nitrogen and oxygen atoms in total. The van der Waals surface area contributed by atoms with E-state index in [4.69, 9.17) is 4.74 Å². The van der Waals surface area contributed by atoms with Crippen molar-refractivity contribution in [2.24, 2.45) is 0 Å². The van der Waals surface area contributed by atoms with Crippen molar-refractivity contribution in [1.82, 2.24) is 4.90 Å². The number of rotatable bonds is 4. The van der Waals surface area contributed by atoms with Crippen LogP contribution >= 0.6 is 0 Å². The van der Waals surface area contributed by atoms with Crippen LogP contribution in [0.5, 0.6) is 5.75 Å². The Labute approximate surface area is 137 Å². The molecule has 0 spiro atoms. The van der Waals surface area contributed by atoms with Gasteiger partial charge in [-0.1, -0.05) is 36.4 Å². The van der Waals surface area contributed by atoms with Gasteiger partial charge < -0.3 is 14.5 Å². The summed E-state index contributed by atoms with van der Waals surface area (Å²) in [5.74, 6) is 0.718. The van der Waals surface area contributed by atoms with Crippen molar-refractivity contribution in [3.63, 3.8) is 0 Å². The van der Waals surface area contributed by atoms with Crippen molar-refractivity contribution in [2.45, 2.75) is 12.5 Å². The summed E-state index contributed by atoms with van der Waals surface area (Å²) in [7, 11) is 4.16. The van der Waals surface area contributed by atoms with Crippen LogP contribution in [0.15, 0.2) is 54.6 Å². The standard InChI is InChI=1S/C19H22N2O2/c1-20(2)17-12-13-21(18-11-7-6-10-16(17)18)19(22)14-23-15-8-4-3-5-9-15/h3-11,17H,12-14H2,1-2H3. The zero-order valence-corrected chi connectivity index (χ0v) is 13.6. The van der Waals surface area contributed by atoms with E-state index in [2.05, 4.69) is 25.1 Å². The average Bonchev–Trinajstić information content (AvgIpc) is 2.59. The van der Waals surface area contributed by atoms with Crippen molar-refractivity contribution in [1.29, 1.82) is 0 Å². The lowest BCUT2D eigenvalue weighted by Gasteiger charge is -2.37. The van der Waals surface area contributed by atoms with Crippen molar-refractivity contribution in [3.05, 3.63) is 60.2 Å². The van der Waals surface area contributed by atoms with E-state index in [9.17, 15) is 4.79 Å². The molecule has 1 atom stereocenters. The monoisotopic (exact) mass is 310 g/mol. The SMILES string of the molecule is CN(C)C1CCN(C(=O)COc2ccccc2)c2ccccc21. The maximum Gasteiger partial charge on any atom is 0.264 e. The Bertz CT molecular complexity index is 670. The first-order valence-electron chi connectivity index (χ1n) is 7.90. The zero-order chi connectivity index (χ0) is 16.2. The van der Waals surface area contributed by atoms with E-state index in [-0.39, 0.29) is 12.5 Å². The summed E-state index contributed by atoms with van der Waals surface area (Å²) in [6, 6.07) is 17.9. The van der Waals surface area contributed by atoms with Gasteiger partial charge in [0.25, 0.3) is 5.91 Å². The third-order valence-corrected chi connectivity index (χ3v) is 4.24. The number of para-hydroxylation sites is 2. The number of amides is 1. The van der Waals surface area contributed by atoms with E-state index >= 15 is 0 Å². The normalized spacial score (nSPS) is 17.0. The molecule has 1 amide bonds. The smallest absolute Gasteiger partial charge is 0.264 e. The highest BCUT2D eigenvalue weighted by molar-refractivity contribution is 5.95. The Morgan fingerprint density at radius 3 is 2.57 bits per heavy atom. The molecule has 3 rings (SSSR count). The molecule has 2 aromatic carbocycles. The van der Waals surface area contributed by atoms with Crippen LogP contribution in [0.1, 0.15) is 18.0 Å². The number of ether oxygens (including phenoxy) is 1. The lowest BCUT2D eigenvalue weighted by molar-refractivity contribution is -0.120. The van der Waals surface area contributed by atoms with Crippen LogP contribution in [0.3, 0.4) is 0 Å². The van der Waals surface area contributed by atoms with Crippen LogP contribution in [-0.4, -0.2) is 38.1 Å². The van der Waals surface area contributed by atoms with Gasteiger partial charge in [0.2, 0.25) is 0 Å². The van der Waals surface area contributed by atoms with E-state index < -0.39 is 0 Å². The van der Waals surface area contributed by atoms with E-state index in [1.807, 2.05) is 53.4 Å². The number of hydrogen-bond donors (Lipinski definition) is 0. The molecule has 120 valence electrons. The van der Waals surface area contributed by atoms with Gasteiger partial charge in [-0.05, 0) is 44.3 Å². The molecule has 4 heteroatoms. The molecule has 1 aliphatic heterocycles. The Balaban J connectivity index is 1.75. The molecule has 0 radical (unpaired) electrons. The summed E-state index contributed by atoms with van der Waals surface area (Å²) in [6.07, 6.45) is 0.932. The molecule has 1 unspecified atom stereocenters. The second kappa shape index (κ2) is 6.84. The Morgan fingerprint density at radius 2 is 1.83 bits per heavy atom. The second-order valence-electron chi connectivity index (χ2n) is 5.97. The maximum absolute atomic E-state index is 12.6. The summed E-state index contributed by atoms with van der Waals surface area (Å²) in [5.41, 5.74) is 2.20. The molecule has 0 aromatic heterocycles. The van der Waals surface area contributed by atoms with E-state index in [0.717, 1.165) is 24.4 Å². The zero-order valence-electron chi connectivity index (χ0n) is 13.6. The van der Waals surface area contributed by atoms with Crippen LogP contribution in [0.25, 0.3) is 0 Å². The van der Waals surface area contributed by atoms with Gasteiger partial charge in [0.15, 0.2) is 6.61 Å². The third kappa shape index (κ3) is 3.37. The summed E-state index contributed by atoms with van der Waals surface area (Å²) < 4.78 is 5.61. The Morgan fingerprint density at radius 1 is 1.13 bits per heavy atom. The number of fused-ring (bicyclic) bond motifs is 1. The van der Waals surface area contributed by atoms with Gasteiger partial charge in [-0.2, -0.15) is 0 Å². The van der Waals surface area contributed by atoms with Crippen molar-refractivity contribution in [3.8, 4) is 5.75 Å². The number of carbonyl (C=O) groups excluding carboxylic acids is 1. The van der Waals surface area contributed by atoms with Crippen LogP contribution in [0.4, 0.5) is 5.69 Å². The predicted molar refractivity (Wildman–Crippen MR) is 91.8 cm³/mol. The van der Waals surface area contributed by atoms with Gasteiger partial charge in [0, 0.05) is 18.3 Å². The highest BCUT2D eigenvalue weighted by Crippen LogP contribution is 2.36. The topological polar surface area (TPSA) is 32.8 Å². The molecule has 0 saturated heterocycles. The number of benzene rings is 2. The van der Waals surface area contributed by atoms with Gasteiger partial charge in [0.05, 0.1) is 0 Å². The number of anilines is 1. The largest absolute Gasteiger partial charge is 0.484 e. The van der Waals surface area contributed by atoms with Crippen molar-refractivity contribution < 1.29 is 9.53 Å². The highest BCUT2D eigenvalue weighted by atomic mass is 16.5. The third-order valence-electron chi connectivity index (χ3n) is 4.24.